The molecule has 3 aromatic rings. The number of carbonyl (C=O) groups is 2. The molecule has 0 atom stereocenters. The number of rotatable bonds is 4. The van der Waals surface area contributed by atoms with Gasteiger partial charge in [-0.25, -0.2) is 9.69 Å². The van der Waals surface area contributed by atoms with Crippen molar-refractivity contribution in [3.05, 3.63) is 76.8 Å². The van der Waals surface area contributed by atoms with Gasteiger partial charge in [-0.15, -0.1) is 0 Å². The Kier molecular flexibility index (Phi) is 7.49. The second-order valence-electron chi connectivity index (χ2n) is 10.6. The van der Waals surface area contributed by atoms with Crippen LogP contribution in [0.3, 0.4) is 0 Å². The van der Waals surface area contributed by atoms with Gasteiger partial charge in [-0.3, -0.25) is 4.79 Å². The van der Waals surface area contributed by atoms with E-state index in [2.05, 4.69) is 4.90 Å². The van der Waals surface area contributed by atoms with Crippen molar-refractivity contribution in [1.82, 2.24) is 0 Å². The molecule has 40 heavy (non-hydrogen) atoms. The van der Waals surface area contributed by atoms with E-state index in [1.807, 2.05) is 24.3 Å². The highest BCUT2D eigenvalue weighted by molar-refractivity contribution is 6.43. The molecule has 2 aliphatic heterocycles. The van der Waals surface area contributed by atoms with E-state index in [1.165, 1.54) is 7.11 Å². The van der Waals surface area contributed by atoms with Crippen molar-refractivity contribution in [1.29, 1.82) is 0 Å². The molecule has 5 rings (SSSR count). The minimum Gasteiger partial charge on any atom is -0.506 e. The highest BCUT2D eigenvalue weighted by atomic mass is 35.5. The van der Waals surface area contributed by atoms with Crippen LogP contribution in [0.5, 0.6) is 5.75 Å². The van der Waals surface area contributed by atoms with Gasteiger partial charge in [-0.05, 0) is 62.7 Å². The number of methoxy groups -OCH3 is 1. The fraction of sp³-hybridized carbons (Fsp3) is 0.290. The van der Waals surface area contributed by atoms with E-state index in [4.69, 9.17) is 25.8 Å². The number of hydrogen-bond donors (Lipinski definition) is 1. The normalized spacial score (nSPS) is 16.6. The minimum atomic E-state index is -0.856. The molecule has 0 unspecified atom stereocenters. The largest absolute Gasteiger partial charge is 0.506 e. The first-order valence-electron chi connectivity index (χ1n) is 13.0. The highest BCUT2D eigenvalue weighted by Crippen LogP contribution is 2.46. The maximum Gasteiger partial charge on any atom is 0.422 e. The van der Waals surface area contributed by atoms with Crippen LogP contribution in [-0.2, 0) is 14.3 Å². The van der Waals surface area contributed by atoms with Gasteiger partial charge in [0.05, 0.1) is 36.6 Å². The molecule has 0 aliphatic carbocycles. The summed E-state index contributed by atoms with van der Waals surface area (Å²) < 4.78 is 16.3. The quantitative estimate of drug-likeness (QED) is 0.284. The summed E-state index contributed by atoms with van der Waals surface area (Å²) in [6, 6.07) is 18.0. The van der Waals surface area contributed by atoms with Crippen LogP contribution in [0.4, 0.5) is 16.2 Å². The minimum absolute atomic E-state index is 0.0306. The Morgan fingerprint density at radius 3 is 2.35 bits per heavy atom. The maximum absolute atomic E-state index is 13.8. The van der Waals surface area contributed by atoms with Crippen LogP contribution >= 0.6 is 11.6 Å². The standard InChI is InChI=1S/C31H31ClN2O6/c1-31(2,3)40-30(37)34-26-18-25(32)23(19-8-10-21(11-9-19)33-12-14-39-15-13-33)17-24(26)27(29(34)36)28(35)20-6-5-7-22(16-20)38-4/h5-11,16-18,35H,12-15H2,1-4H3. The summed E-state index contributed by atoms with van der Waals surface area (Å²) in [5.74, 6) is -0.482. The zero-order valence-electron chi connectivity index (χ0n) is 22.9. The summed E-state index contributed by atoms with van der Waals surface area (Å²) >= 11 is 6.75. The SMILES string of the molecule is COc1cccc(C(O)=C2C(=O)N(C(=O)OC(C)(C)C)c3cc(Cl)c(-c4ccc(N5CCOCC5)cc4)cc32)c1. The molecule has 1 N–H and O–H groups in total. The summed E-state index contributed by atoms with van der Waals surface area (Å²) in [6.07, 6.45) is -0.856. The lowest BCUT2D eigenvalue weighted by Crippen LogP contribution is -2.38. The van der Waals surface area contributed by atoms with Crippen LogP contribution in [0.2, 0.25) is 5.02 Å². The third-order valence-corrected chi connectivity index (χ3v) is 7.04. The van der Waals surface area contributed by atoms with Gasteiger partial charge in [0.15, 0.2) is 0 Å². The van der Waals surface area contributed by atoms with Gasteiger partial charge in [0, 0.05) is 35.5 Å². The maximum atomic E-state index is 13.8. The van der Waals surface area contributed by atoms with Crippen molar-refractivity contribution in [2.75, 3.05) is 43.2 Å². The van der Waals surface area contributed by atoms with Crippen LogP contribution in [-0.4, -0.2) is 56.1 Å². The molecule has 208 valence electrons. The number of aliphatic hydroxyl groups is 1. The Morgan fingerprint density at radius 2 is 1.70 bits per heavy atom. The average Bonchev–Trinajstić information content (AvgIpc) is 3.22. The van der Waals surface area contributed by atoms with E-state index < -0.39 is 17.6 Å². The lowest BCUT2D eigenvalue weighted by atomic mass is 9.97. The van der Waals surface area contributed by atoms with Gasteiger partial charge in [-0.2, -0.15) is 0 Å². The number of aliphatic hydroxyl groups excluding tert-OH is 1. The van der Waals surface area contributed by atoms with Crippen molar-refractivity contribution in [2.45, 2.75) is 26.4 Å². The summed E-state index contributed by atoms with van der Waals surface area (Å²) in [7, 11) is 1.52. The molecule has 1 saturated heterocycles. The Morgan fingerprint density at radius 1 is 1.00 bits per heavy atom. The molecule has 0 radical (unpaired) electrons. The van der Waals surface area contributed by atoms with Crippen LogP contribution < -0.4 is 14.5 Å². The van der Waals surface area contributed by atoms with Crippen LogP contribution in [0.1, 0.15) is 31.9 Å². The number of amides is 2. The number of nitrogens with zero attached hydrogens (tertiary/aromatic N) is 2. The number of ether oxygens (including phenoxy) is 3. The number of hydrogen-bond acceptors (Lipinski definition) is 7. The molecule has 2 aliphatic rings. The number of imide groups is 1. The van der Waals surface area contributed by atoms with Crippen molar-refractivity contribution in [2.24, 2.45) is 0 Å². The first kappa shape index (κ1) is 27.6. The molecule has 3 aromatic carbocycles. The lowest BCUT2D eigenvalue weighted by molar-refractivity contribution is -0.112. The topological polar surface area (TPSA) is 88.5 Å². The predicted octanol–water partition coefficient (Wildman–Crippen LogP) is 6.56. The first-order valence-corrected chi connectivity index (χ1v) is 13.4. The van der Waals surface area contributed by atoms with Crippen molar-refractivity contribution < 1.29 is 28.9 Å². The second kappa shape index (κ2) is 10.9. The Labute approximate surface area is 238 Å². The van der Waals surface area contributed by atoms with Crippen molar-refractivity contribution >= 4 is 46.3 Å². The van der Waals surface area contributed by atoms with Gasteiger partial charge in [0.1, 0.15) is 17.1 Å². The summed E-state index contributed by atoms with van der Waals surface area (Å²) in [5.41, 5.74) is 2.66. The fourth-order valence-electron chi connectivity index (χ4n) is 4.81. The number of morpholine rings is 1. The number of benzene rings is 3. The van der Waals surface area contributed by atoms with E-state index in [-0.39, 0.29) is 17.0 Å². The Bertz CT molecular complexity index is 1490. The monoisotopic (exact) mass is 562 g/mol. The van der Waals surface area contributed by atoms with E-state index in [1.54, 1.807) is 57.2 Å². The summed E-state index contributed by atoms with van der Waals surface area (Å²) in [5, 5.41) is 11.7. The average molecular weight is 563 g/mol. The molecule has 2 heterocycles. The number of anilines is 2. The van der Waals surface area contributed by atoms with Gasteiger partial charge < -0.3 is 24.2 Å². The molecular formula is C31H31ClN2O6. The zero-order chi connectivity index (χ0) is 28.6. The van der Waals surface area contributed by atoms with E-state index in [0.29, 0.717) is 40.7 Å². The van der Waals surface area contributed by atoms with Gasteiger partial charge in [0.2, 0.25) is 0 Å². The van der Waals surface area contributed by atoms with Crippen molar-refractivity contribution in [3.63, 3.8) is 0 Å². The van der Waals surface area contributed by atoms with E-state index in [9.17, 15) is 14.7 Å². The third kappa shape index (κ3) is 5.37. The number of carbonyl (C=O) groups excluding carboxylic acids is 2. The molecule has 0 spiro atoms. The van der Waals surface area contributed by atoms with E-state index in [0.717, 1.165) is 29.2 Å². The van der Waals surface area contributed by atoms with Crippen molar-refractivity contribution in [3.8, 4) is 16.9 Å². The predicted molar refractivity (Wildman–Crippen MR) is 156 cm³/mol. The summed E-state index contributed by atoms with van der Waals surface area (Å²) in [6.45, 7) is 8.16. The number of halogens is 1. The molecule has 0 aromatic heterocycles. The van der Waals surface area contributed by atoms with Gasteiger partial charge >= 0.3 is 6.09 Å². The second-order valence-corrected chi connectivity index (χ2v) is 11.0. The molecule has 0 bridgehead atoms. The van der Waals surface area contributed by atoms with Gasteiger partial charge in [-0.1, -0.05) is 35.9 Å². The molecular weight excluding hydrogens is 532 g/mol. The molecule has 0 saturated carbocycles. The fourth-order valence-corrected chi connectivity index (χ4v) is 5.08. The Balaban J connectivity index is 1.62. The smallest absolute Gasteiger partial charge is 0.422 e. The third-order valence-electron chi connectivity index (χ3n) is 6.72. The molecule has 2 amide bonds. The molecule has 8 nitrogen and oxygen atoms in total. The molecule has 9 heteroatoms. The van der Waals surface area contributed by atoms with Crippen LogP contribution in [0.15, 0.2) is 60.7 Å². The summed E-state index contributed by atoms with van der Waals surface area (Å²) in [4.78, 5) is 30.1. The van der Waals surface area contributed by atoms with Crippen LogP contribution in [0.25, 0.3) is 22.5 Å². The zero-order valence-corrected chi connectivity index (χ0v) is 23.6. The first-order chi connectivity index (χ1) is 19.1. The molecule has 1 fully saturated rings. The Hall–Kier alpha value is -4.01. The van der Waals surface area contributed by atoms with Gasteiger partial charge in [0.25, 0.3) is 5.91 Å². The van der Waals surface area contributed by atoms with E-state index >= 15 is 0 Å². The highest BCUT2D eigenvalue weighted by Gasteiger charge is 2.42. The van der Waals surface area contributed by atoms with Crippen LogP contribution in [0, 0.1) is 0 Å². The number of fused-ring (bicyclic) bond motifs is 1. The lowest BCUT2D eigenvalue weighted by Gasteiger charge is -2.29.